The van der Waals surface area contributed by atoms with E-state index in [1.54, 1.807) is 24.3 Å². The maximum atomic E-state index is 12.5. The zero-order chi connectivity index (χ0) is 15.2. The largest absolute Gasteiger partial charge is 0.349 e. The molecule has 106 valence electrons. The molecule has 0 fully saturated rings. The Morgan fingerprint density at radius 3 is 2.00 bits per heavy atom. The van der Waals surface area contributed by atoms with Gasteiger partial charge in [0.2, 0.25) is 0 Å². The summed E-state index contributed by atoms with van der Waals surface area (Å²) in [6, 6.07) is 18.0. The lowest BCUT2D eigenvalue weighted by Crippen LogP contribution is -2.33. The van der Waals surface area contributed by atoms with Gasteiger partial charge in [-0.25, -0.2) is 0 Å². The fraction of sp³-hybridized carbons (Fsp3) is 0.118. The first-order chi connectivity index (χ1) is 10.1. The van der Waals surface area contributed by atoms with E-state index in [0.717, 1.165) is 5.69 Å². The third kappa shape index (κ3) is 3.83. The molecule has 4 heteroatoms. The lowest BCUT2D eigenvalue weighted by atomic mass is 9.94. The van der Waals surface area contributed by atoms with Crippen LogP contribution in [-0.2, 0) is 4.79 Å². The molecule has 0 heterocycles. The van der Waals surface area contributed by atoms with Crippen LogP contribution in [0.2, 0.25) is 0 Å². The highest BCUT2D eigenvalue weighted by Gasteiger charge is 2.28. The first-order valence-electron chi connectivity index (χ1n) is 6.55. The fourth-order valence-corrected chi connectivity index (χ4v) is 2.38. The molecule has 0 saturated heterocycles. The second-order valence-electron chi connectivity index (χ2n) is 4.63. The summed E-state index contributed by atoms with van der Waals surface area (Å²) in [5, 5.41) is 2.96. The van der Waals surface area contributed by atoms with E-state index in [1.165, 1.54) is 6.92 Å². The van der Waals surface area contributed by atoms with Crippen molar-refractivity contribution >= 4 is 34.5 Å². The van der Waals surface area contributed by atoms with Crippen LogP contribution in [0.4, 0.5) is 5.69 Å². The molecule has 0 aromatic heterocycles. The van der Waals surface area contributed by atoms with Crippen LogP contribution in [0.25, 0.3) is 0 Å². The first kappa shape index (κ1) is 15.1. The smallest absolute Gasteiger partial charge is 0.180 e. The third-order valence-corrected chi connectivity index (χ3v) is 3.37. The number of hydrogen-bond acceptors (Lipinski definition) is 3. The van der Waals surface area contributed by atoms with E-state index in [0.29, 0.717) is 5.56 Å². The molecule has 0 spiro atoms. The number of Topliss-reactive ketones (excluding diaryl/α,β-unsaturated/α-hetero) is 2. The second kappa shape index (κ2) is 6.90. The van der Waals surface area contributed by atoms with E-state index in [2.05, 4.69) is 5.32 Å². The van der Waals surface area contributed by atoms with Gasteiger partial charge in [0.05, 0.1) is 4.99 Å². The van der Waals surface area contributed by atoms with Crippen LogP contribution in [0.1, 0.15) is 17.3 Å². The van der Waals surface area contributed by atoms with Crippen LogP contribution in [0.5, 0.6) is 0 Å². The van der Waals surface area contributed by atoms with E-state index in [4.69, 9.17) is 12.2 Å². The van der Waals surface area contributed by atoms with Crippen molar-refractivity contribution in [2.24, 2.45) is 5.92 Å². The molecule has 3 nitrogen and oxygen atoms in total. The summed E-state index contributed by atoms with van der Waals surface area (Å²) in [6.45, 7) is 1.38. The number of ketones is 2. The predicted octanol–water partition coefficient (Wildman–Crippen LogP) is 3.51. The zero-order valence-corrected chi connectivity index (χ0v) is 12.4. The summed E-state index contributed by atoms with van der Waals surface area (Å²) in [5.41, 5.74) is 1.24. The molecule has 0 aliphatic carbocycles. The van der Waals surface area contributed by atoms with Gasteiger partial charge in [-0.2, -0.15) is 0 Å². The summed E-state index contributed by atoms with van der Waals surface area (Å²) >= 11 is 5.26. The topological polar surface area (TPSA) is 46.2 Å². The Kier molecular flexibility index (Phi) is 4.95. The molecule has 0 aliphatic heterocycles. The molecule has 0 bridgehead atoms. The molecule has 21 heavy (non-hydrogen) atoms. The van der Waals surface area contributed by atoms with E-state index < -0.39 is 5.92 Å². The molecule has 1 atom stereocenters. The van der Waals surface area contributed by atoms with E-state index >= 15 is 0 Å². The third-order valence-electron chi connectivity index (χ3n) is 3.03. The number of nitrogens with one attached hydrogen (secondary N) is 1. The highest BCUT2D eigenvalue weighted by Crippen LogP contribution is 2.15. The Balaban J connectivity index is 2.21. The van der Waals surface area contributed by atoms with Gasteiger partial charge in [0.1, 0.15) is 11.7 Å². The van der Waals surface area contributed by atoms with Gasteiger partial charge in [-0.1, -0.05) is 60.7 Å². The van der Waals surface area contributed by atoms with E-state index in [9.17, 15) is 9.59 Å². The Labute approximate surface area is 129 Å². The molecule has 1 N–H and O–H groups in total. The molecule has 2 aromatic rings. The summed E-state index contributed by atoms with van der Waals surface area (Å²) in [6.07, 6.45) is 0. The molecule has 2 aromatic carbocycles. The lowest BCUT2D eigenvalue weighted by molar-refractivity contribution is -0.117. The van der Waals surface area contributed by atoms with Crippen LogP contribution >= 0.6 is 12.2 Å². The average molecular weight is 297 g/mol. The van der Waals surface area contributed by atoms with Gasteiger partial charge < -0.3 is 5.32 Å². The van der Waals surface area contributed by atoms with Gasteiger partial charge in [-0.15, -0.1) is 0 Å². The minimum absolute atomic E-state index is 0.225. The normalized spacial score (nSPS) is 11.5. The fourth-order valence-electron chi connectivity index (χ4n) is 1.99. The van der Waals surface area contributed by atoms with Crippen molar-refractivity contribution in [2.45, 2.75) is 6.92 Å². The molecule has 0 aliphatic rings. The number of anilines is 1. The van der Waals surface area contributed by atoms with E-state index in [1.807, 2.05) is 36.4 Å². The number of carbonyl (C=O) groups is 2. The second-order valence-corrected chi connectivity index (χ2v) is 5.07. The first-order valence-corrected chi connectivity index (χ1v) is 6.96. The predicted molar refractivity (Wildman–Crippen MR) is 87.6 cm³/mol. The van der Waals surface area contributed by atoms with Crippen molar-refractivity contribution < 1.29 is 9.59 Å². The highest BCUT2D eigenvalue weighted by atomic mass is 32.1. The van der Waals surface area contributed by atoms with Crippen molar-refractivity contribution in [3.05, 3.63) is 66.2 Å². The summed E-state index contributed by atoms with van der Waals surface area (Å²) in [7, 11) is 0. The van der Waals surface area contributed by atoms with Crippen LogP contribution in [0, 0.1) is 5.92 Å². The van der Waals surface area contributed by atoms with Crippen molar-refractivity contribution in [2.75, 3.05) is 5.32 Å². The minimum atomic E-state index is -0.956. The zero-order valence-electron chi connectivity index (χ0n) is 11.6. The number of hydrogen-bond donors (Lipinski definition) is 1. The Bertz CT molecular complexity index is 653. The standard InChI is InChI=1S/C17H15NO2S/c1-12(19)15(16(20)13-8-4-2-5-9-13)17(21)18-14-10-6-3-7-11-14/h2-11,15H,1H3,(H,18,21). The Morgan fingerprint density at radius 1 is 0.952 bits per heavy atom. The SMILES string of the molecule is CC(=O)C(C(=O)c1ccccc1)C(=S)Nc1ccccc1. The molecule has 0 radical (unpaired) electrons. The van der Waals surface area contributed by atoms with E-state index in [-0.39, 0.29) is 16.6 Å². The molecule has 2 rings (SSSR count). The Morgan fingerprint density at radius 2 is 1.48 bits per heavy atom. The van der Waals surface area contributed by atoms with Crippen molar-refractivity contribution in [3.63, 3.8) is 0 Å². The van der Waals surface area contributed by atoms with Gasteiger partial charge in [-0.3, -0.25) is 9.59 Å². The molecular formula is C17H15NO2S. The number of benzene rings is 2. The average Bonchev–Trinajstić information content (AvgIpc) is 2.49. The summed E-state index contributed by atoms with van der Waals surface area (Å²) in [5.74, 6) is -1.50. The van der Waals surface area contributed by atoms with Crippen LogP contribution in [-0.4, -0.2) is 16.6 Å². The summed E-state index contributed by atoms with van der Waals surface area (Å²) < 4.78 is 0. The molecule has 0 saturated carbocycles. The Hall–Kier alpha value is -2.33. The number of rotatable bonds is 5. The maximum absolute atomic E-state index is 12.5. The molecule has 1 unspecified atom stereocenters. The van der Waals surface area contributed by atoms with Gasteiger partial charge >= 0.3 is 0 Å². The van der Waals surface area contributed by atoms with Crippen molar-refractivity contribution in [1.82, 2.24) is 0 Å². The molecular weight excluding hydrogens is 282 g/mol. The van der Waals surface area contributed by atoms with Crippen LogP contribution < -0.4 is 5.32 Å². The number of carbonyl (C=O) groups excluding carboxylic acids is 2. The summed E-state index contributed by atoms with van der Waals surface area (Å²) in [4.78, 5) is 24.5. The van der Waals surface area contributed by atoms with Gasteiger partial charge in [-0.05, 0) is 19.1 Å². The van der Waals surface area contributed by atoms with Crippen LogP contribution in [0.3, 0.4) is 0 Å². The monoisotopic (exact) mass is 297 g/mol. The highest BCUT2D eigenvalue weighted by molar-refractivity contribution is 7.80. The maximum Gasteiger partial charge on any atom is 0.180 e. The van der Waals surface area contributed by atoms with Crippen LogP contribution in [0.15, 0.2) is 60.7 Å². The quantitative estimate of drug-likeness (QED) is 0.521. The number of thiocarbonyl (C=S) groups is 1. The molecule has 0 amide bonds. The van der Waals surface area contributed by atoms with Crippen molar-refractivity contribution in [1.29, 1.82) is 0 Å². The van der Waals surface area contributed by atoms with Crippen molar-refractivity contribution in [3.8, 4) is 0 Å². The van der Waals surface area contributed by atoms with Gasteiger partial charge in [0.15, 0.2) is 5.78 Å². The lowest BCUT2D eigenvalue weighted by Gasteiger charge is -2.16. The number of para-hydroxylation sites is 1. The van der Waals surface area contributed by atoms with Gasteiger partial charge in [0, 0.05) is 11.3 Å². The van der Waals surface area contributed by atoms with Gasteiger partial charge in [0.25, 0.3) is 0 Å². The minimum Gasteiger partial charge on any atom is -0.349 e.